The second-order valence-corrected chi connectivity index (χ2v) is 3.82. The number of anilines is 3. The first kappa shape index (κ1) is 11.4. The molecule has 0 aliphatic carbocycles. The third kappa shape index (κ3) is 2.54. The van der Waals surface area contributed by atoms with Crippen LogP contribution in [-0.4, -0.2) is 14.8 Å². The molecule has 2 aromatic rings. The van der Waals surface area contributed by atoms with Crippen LogP contribution in [0.25, 0.3) is 0 Å². The fraction of sp³-hybridized carbons (Fsp3) is 0.100. The van der Waals surface area contributed by atoms with Gasteiger partial charge in [0.1, 0.15) is 0 Å². The van der Waals surface area contributed by atoms with Crippen LogP contribution in [0.1, 0.15) is 0 Å². The maximum atomic E-state index is 11.3. The van der Waals surface area contributed by atoms with Gasteiger partial charge < -0.3 is 11.1 Å². The molecule has 0 saturated heterocycles. The molecule has 0 amide bonds. The van der Waals surface area contributed by atoms with Crippen molar-refractivity contribution in [1.29, 1.82) is 0 Å². The average Bonchev–Trinajstić information content (AvgIpc) is 2.26. The molecule has 1 heterocycles. The summed E-state index contributed by atoms with van der Waals surface area (Å²) in [5, 5.41) is 7.42. The van der Waals surface area contributed by atoms with Crippen LogP contribution in [0.4, 0.5) is 17.5 Å². The monoisotopic (exact) mass is 251 g/mol. The van der Waals surface area contributed by atoms with E-state index in [-0.39, 0.29) is 11.8 Å². The summed E-state index contributed by atoms with van der Waals surface area (Å²) in [6, 6.07) is 7.06. The van der Waals surface area contributed by atoms with Gasteiger partial charge in [0.15, 0.2) is 5.82 Å². The highest BCUT2D eigenvalue weighted by molar-refractivity contribution is 6.30. The van der Waals surface area contributed by atoms with Crippen LogP contribution in [0.5, 0.6) is 0 Å². The van der Waals surface area contributed by atoms with Crippen molar-refractivity contribution in [1.82, 2.24) is 14.8 Å². The number of aromatic nitrogens is 3. The van der Waals surface area contributed by atoms with Gasteiger partial charge >= 0.3 is 5.56 Å². The largest absolute Gasteiger partial charge is 0.379 e. The van der Waals surface area contributed by atoms with E-state index in [0.717, 1.165) is 10.4 Å². The fourth-order valence-electron chi connectivity index (χ4n) is 1.29. The normalized spacial score (nSPS) is 10.2. The molecule has 0 atom stereocenters. The molecule has 7 heteroatoms. The molecule has 0 radical (unpaired) electrons. The lowest BCUT2D eigenvalue weighted by molar-refractivity contribution is 0.700. The molecule has 0 spiro atoms. The average molecular weight is 252 g/mol. The number of hydrogen-bond donors (Lipinski definition) is 2. The van der Waals surface area contributed by atoms with Gasteiger partial charge in [0.25, 0.3) is 0 Å². The van der Waals surface area contributed by atoms with E-state index in [1.54, 1.807) is 24.3 Å². The second-order valence-electron chi connectivity index (χ2n) is 3.38. The van der Waals surface area contributed by atoms with E-state index in [4.69, 9.17) is 17.3 Å². The third-order valence-electron chi connectivity index (χ3n) is 2.06. The highest BCUT2D eigenvalue weighted by Crippen LogP contribution is 2.17. The molecule has 0 aliphatic rings. The molecule has 0 fully saturated rings. The smallest absolute Gasteiger partial charge is 0.309 e. The molecular formula is C10H10ClN5O. The quantitative estimate of drug-likeness (QED) is 0.836. The molecule has 1 aromatic heterocycles. The first-order valence-electron chi connectivity index (χ1n) is 4.79. The number of aryl methyl sites for hydroxylation is 1. The predicted octanol–water partition coefficient (Wildman–Crippen LogP) is 1.15. The van der Waals surface area contributed by atoms with E-state index in [0.29, 0.717) is 5.02 Å². The number of nitrogens with two attached hydrogens (primary N) is 1. The van der Waals surface area contributed by atoms with Crippen molar-refractivity contribution in [3.8, 4) is 0 Å². The summed E-state index contributed by atoms with van der Waals surface area (Å²) < 4.78 is 1.12. The van der Waals surface area contributed by atoms with Crippen LogP contribution >= 0.6 is 11.6 Å². The van der Waals surface area contributed by atoms with Crippen LogP contribution in [-0.2, 0) is 7.05 Å². The van der Waals surface area contributed by atoms with Crippen LogP contribution in [0, 0.1) is 0 Å². The number of nitrogens with one attached hydrogen (secondary N) is 1. The van der Waals surface area contributed by atoms with Gasteiger partial charge in [-0.2, -0.15) is 4.98 Å². The van der Waals surface area contributed by atoms with Crippen LogP contribution in [0.2, 0.25) is 5.02 Å². The van der Waals surface area contributed by atoms with Crippen LogP contribution < -0.4 is 16.6 Å². The predicted molar refractivity (Wildman–Crippen MR) is 66.4 cm³/mol. The number of benzene rings is 1. The van der Waals surface area contributed by atoms with E-state index >= 15 is 0 Å². The van der Waals surface area contributed by atoms with E-state index < -0.39 is 5.56 Å². The van der Waals surface area contributed by atoms with E-state index in [1.807, 2.05) is 0 Å². The Kier molecular flexibility index (Phi) is 2.97. The minimum Gasteiger partial charge on any atom is -0.379 e. The highest BCUT2D eigenvalue weighted by Gasteiger charge is 2.04. The lowest BCUT2D eigenvalue weighted by Crippen LogP contribution is -2.25. The summed E-state index contributed by atoms with van der Waals surface area (Å²) >= 11 is 5.84. The first-order chi connectivity index (χ1) is 8.06. The van der Waals surface area contributed by atoms with Crippen LogP contribution in [0.3, 0.4) is 0 Å². The van der Waals surface area contributed by atoms with Gasteiger partial charge in [0.2, 0.25) is 5.95 Å². The van der Waals surface area contributed by atoms with Crippen molar-refractivity contribution in [2.24, 2.45) is 7.05 Å². The summed E-state index contributed by atoms with van der Waals surface area (Å²) in [6.45, 7) is 0. The Labute approximate surface area is 102 Å². The Bertz CT molecular complexity index is 584. The molecular weight excluding hydrogens is 242 g/mol. The number of nitrogen functional groups attached to an aromatic ring is 1. The Morgan fingerprint density at radius 2 is 2.24 bits per heavy atom. The van der Waals surface area contributed by atoms with Gasteiger partial charge in [-0.15, -0.1) is 5.10 Å². The molecule has 6 nitrogen and oxygen atoms in total. The fourth-order valence-corrected chi connectivity index (χ4v) is 1.48. The number of halogens is 1. The topological polar surface area (TPSA) is 85.8 Å². The van der Waals surface area contributed by atoms with E-state index in [9.17, 15) is 4.79 Å². The van der Waals surface area contributed by atoms with Gasteiger partial charge in [-0.25, -0.2) is 4.68 Å². The zero-order valence-corrected chi connectivity index (χ0v) is 9.77. The maximum Gasteiger partial charge on any atom is 0.309 e. The standard InChI is InChI=1S/C10H10ClN5O/c1-16-9(17)8(12)14-10(15-16)13-7-4-2-3-6(11)5-7/h2-5H,1H3,(H3,12,13,14,15). The van der Waals surface area contributed by atoms with Crippen molar-refractivity contribution >= 4 is 29.1 Å². The Hall–Kier alpha value is -2.08. The number of nitrogens with zero attached hydrogens (tertiary/aromatic N) is 3. The second kappa shape index (κ2) is 4.42. The molecule has 17 heavy (non-hydrogen) atoms. The van der Waals surface area contributed by atoms with Crippen molar-refractivity contribution in [3.63, 3.8) is 0 Å². The van der Waals surface area contributed by atoms with Gasteiger partial charge in [0, 0.05) is 17.8 Å². The lowest BCUT2D eigenvalue weighted by Gasteiger charge is -2.06. The third-order valence-corrected chi connectivity index (χ3v) is 2.30. The lowest BCUT2D eigenvalue weighted by atomic mass is 10.3. The Balaban J connectivity index is 2.34. The van der Waals surface area contributed by atoms with E-state index in [2.05, 4.69) is 15.4 Å². The summed E-state index contributed by atoms with van der Waals surface area (Å²) in [6.07, 6.45) is 0. The minimum atomic E-state index is -0.429. The Morgan fingerprint density at radius 3 is 2.88 bits per heavy atom. The van der Waals surface area contributed by atoms with Crippen molar-refractivity contribution < 1.29 is 0 Å². The summed E-state index contributed by atoms with van der Waals surface area (Å²) in [5.41, 5.74) is 5.74. The molecule has 3 N–H and O–H groups in total. The highest BCUT2D eigenvalue weighted by atomic mass is 35.5. The van der Waals surface area contributed by atoms with E-state index in [1.165, 1.54) is 7.05 Å². The molecule has 0 unspecified atom stereocenters. The molecule has 0 saturated carbocycles. The molecule has 0 aliphatic heterocycles. The van der Waals surface area contributed by atoms with Gasteiger partial charge in [0.05, 0.1) is 0 Å². The zero-order valence-electron chi connectivity index (χ0n) is 9.01. The Morgan fingerprint density at radius 1 is 1.47 bits per heavy atom. The summed E-state index contributed by atoms with van der Waals surface area (Å²) in [7, 11) is 1.50. The van der Waals surface area contributed by atoms with Crippen LogP contribution in [0.15, 0.2) is 29.1 Å². The summed E-state index contributed by atoms with van der Waals surface area (Å²) in [4.78, 5) is 15.1. The number of rotatable bonds is 2. The molecule has 2 rings (SSSR count). The SMILES string of the molecule is Cn1nc(Nc2cccc(Cl)c2)nc(N)c1=O. The summed E-state index contributed by atoms with van der Waals surface area (Å²) in [5.74, 6) is 0.138. The zero-order chi connectivity index (χ0) is 12.4. The van der Waals surface area contributed by atoms with Gasteiger partial charge in [-0.1, -0.05) is 17.7 Å². The molecule has 88 valence electrons. The first-order valence-corrected chi connectivity index (χ1v) is 5.17. The number of hydrogen-bond acceptors (Lipinski definition) is 5. The van der Waals surface area contributed by atoms with Crippen molar-refractivity contribution in [2.75, 3.05) is 11.1 Å². The van der Waals surface area contributed by atoms with Gasteiger partial charge in [-0.05, 0) is 18.2 Å². The molecule has 1 aromatic carbocycles. The minimum absolute atomic E-state index is 0.105. The molecule has 0 bridgehead atoms. The van der Waals surface area contributed by atoms with Gasteiger partial charge in [-0.3, -0.25) is 4.79 Å². The van der Waals surface area contributed by atoms with Crippen molar-refractivity contribution in [2.45, 2.75) is 0 Å². The maximum absolute atomic E-state index is 11.3. The van der Waals surface area contributed by atoms with Crippen molar-refractivity contribution in [3.05, 3.63) is 39.6 Å².